The van der Waals surface area contributed by atoms with Crippen LogP contribution in [-0.2, 0) is 16.4 Å². The van der Waals surface area contributed by atoms with Crippen molar-refractivity contribution >= 4 is 20.9 Å². The molecule has 3 rings (SSSR count). The third-order valence-electron chi connectivity index (χ3n) is 4.60. The minimum absolute atomic E-state index is 0.0292. The van der Waals surface area contributed by atoms with Gasteiger partial charge in [-0.15, -0.1) is 13.2 Å². The number of aromatic nitrogens is 1. The Morgan fingerprint density at radius 3 is 2.50 bits per heavy atom. The van der Waals surface area contributed by atoms with E-state index in [9.17, 15) is 21.6 Å². The van der Waals surface area contributed by atoms with Crippen molar-refractivity contribution in [2.75, 3.05) is 13.7 Å². The van der Waals surface area contributed by atoms with Crippen molar-refractivity contribution in [2.24, 2.45) is 0 Å². The molecule has 3 aromatic rings. The molecule has 0 atom stereocenters. The van der Waals surface area contributed by atoms with Gasteiger partial charge in [0.2, 0.25) is 10.0 Å². The van der Waals surface area contributed by atoms with E-state index < -0.39 is 16.4 Å². The van der Waals surface area contributed by atoms with Gasteiger partial charge in [-0.2, -0.15) is 0 Å². The number of rotatable bonds is 7. The standard InChI is InChI=1S/C20H21F3N2O4S/c1-12-4-7-18(28-3)19(10-12)30(26,27)24-9-8-15-13(2)25-17-6-5-14(11-16(15)17)29-20(21,22)23/h4-7,10-11,24-25H,8-9H2,1-3H3. The second kappa shape index (κ2) is 8.19. The molecule has 30 heavy (non-hydrogen) atoms. The molecule has 0 aliphatic carbocycles. The number of benzene rings is 2. The molecular formula is C20H21F3N2O4S. The predicted molar refractivity (Wildman–Crippen MR) is 106 cm³/mol. The smallest absolute Gasteiger partial charge is 0.495 e. The summed E-state index contributed by atoms with van der Waals surface area (Å²) in [7, 11) is -2.45. The lowest BCUT2D eigenvalue weighted by Gasteiger charge is -2.12. The average Bonchev–Trinajstić information content (AvgIpc) is 2.95. The molecule has 2 aromatic carbocycles. The summed E-state index contributed by atoms with van der Waals surface area (Å²) in [6.07, 6.45) is -4.52. The predicted octanol–water partition coefficient (Wildman–Crippen LogP) is 4.21. The number of H-pyrrole nitrogens is 1. The number of aryl methyl sites for hydroxylation is 2. The highest BCUT2D eigenvalue weighted by Gasteiger charge is 2.31. The van der Waals surface area contributed by atoms with Crippen molar-refractivity contribution in [1.29, 1.82) is 0 Å². The number of sulfonamides is 1. The normalized spacial score (nSPS) is 12.3. The number of methoxy groups -OCH3 is 1. The number of alkyl halides is 3. The first-order valence-electron chi connectivity index (χ1n) is 9.01. The van der Waals surface area contributed by atoms with Gasteiger partial charge in [0.05, 0.1) is 7.11 Å². The molecule has 0 unspecified atom stereocenters. The Morgan fingerprint density at radius 1 is 1.10 bits per heavy atom. The van der Waals surface area contributed by atoms with Gasteiger partial charge >= 0.3 is 6.36 Å². The highest BCUT2D eigenvalue weighted by molar-refractivity contribution is 7.89. The highest BCUT2D eigenvalue weighted by Crippen LogP contribution is 2.30. The van der Waals surface area contributed by atoms with Gasteiger partial charge in [-0.3, -0.25) is 0 Å². The maximum Gasteiger partial charge on any atom is 0.573 e. The van der Waals surface area contributed by atoms with Crippen molar-refractivity contribution < 1.29 is 31.1 Å². The van der Waals surface area contributed by atoms with Crippen molar-refractivity contribution in [1.82, 2.24) is 9.71 Å². The number of halogens is 3. The quantitative estimate of drug-likeness (QED) is 0.574. The van der Waals surface area contributed by atoms with Gasteiger partial charge in [-0.05, 0) is 61.7 Å². The lowest BCUT2D eigenvalue weighted by molar-refractivity contribution is -0.274. The topological polar surface area (TPSA) is 80.4 Å². The Morgan fingerprint density at radius 2 is 1.83 bits per heavy atom. The number of fused-ring (bicyclic) bond motifs is 1. The Kier molecular flexibility index (Phi) is 6.00. The second-order valence-electron chi connectivity index (χ2n) is 6.79. The Bertz CT molecular complexity index is 1170. The summed E-state index contributed by atoms with van der Waals surface area (Å²) in [5.74, 6) is -0.106. The van der Waals surface area contributed by atoms with E-state index in [0.29, 0.717) is 16.5 Å². The molecule has 0 aliphatic rings. The van der Waals surface area contributed by atoms with Crippen LogP contribution in [0.3, 0.4) is 0 Å². The van der Waals surface area contributed by atoms with Crippen molar-refractivity contribution in [3.05, 3.63) is 53.2 Å². The molecule has 2 N–H and O–H groups in total. The molecule has 10 heteroatoms. The van der Waals surface area contributed by atoms with Gasteiger partial charge in [0.25, 0.3) is 0 Å². The number of hydrogen-bond donors (Lipinski definition) is 2. The van der Waals surface area contributed by atoms with Crippen LogP contribution < -0.4 is 14.2 Å². The van der Waals surface area contributed by atoms with E-state index in [4.69, 9.17) is 4.74 Å². The van der Waals surface area contributed by atoms with Crippen molar-refractivity contribution in [3.8, 4) is 11.5 Å². The fourth-order valence-corrected chi connectivity index (χ4v) is 4.55. The molecular weight excluding hydrogens is 421 g/mol. The lowest BCUT2D eigenvalue weighted by atomic mass is 10.1. The Hall–Kier alpha value is -2.72. The van der Waals surface area contributed by atoms with Crippen LogP contribution in [0.5, 0.6) is 11.5 Å². The maximum absolute atomic E-state index is 12.7. The molecule has 6 nitrogen and oxygen atoms in total. The minimum atomic E-state index is -4.79. The molecule has 0 fully saturated rings. The van der Waals surface area contributed by atoms with Crippen LogP contribution in [0.1, 0.15) is 16.8 Å². The van der Waals surface area contributed by atoms with Crippen LogP contribution in [0.25, 0.3) is 10.9 Å². The molecule has 0 saturated heterocycles. The molecule has 0 radical (unpaired) electrons. The minimum Gasteiger partial charge on any atom is -0.495 e. The van der Waals surface area contributed by atoms with Crippen LogP contribution in [0.15, 0.2) is 41.3 Å². The van der Waals surface area contributed by atoms with Crippen LogP contribution in [-0.4, -0.2) is 33.4 Å². The highest BCUT2D eigenvalue weighted by atomic mass is 32.2. The third-order valence-corrected chi connectivity index (χ3v) is 6.08. The van der Waals surface area contributed by atoms with E-state index in [0.717, 1.165) is 11.3 Å². The van der Waals surface area contributed by atoms with Gasteiger partial charge in [0, 0.05) is 23.1 Å². The van der Waals surface area contributed by atoms with E-state index in [1.54, 1.807) is 26.0 Å². The summed E-state index contributed by atoms with van der Waals surface area (Å²) in [6.45, 7) is 3.60. The Balaban J connectivity index is 1.81. The zero-order valence-electron chi connectivity index (χ0n) is 16.6. The van der Waals surface area contributed by atoms with E-state index in [1.165, 1.54) is 31.4 Å². The van der Waals surface area contributed by atoms with Crippen LogP contribution >= 0.6 is 0 Å². The van der Waals surface area contributed by atoms with Crippen LogP contribution in [0.2, 0.25) is 0 Å². The SMILES string of the molecule is COc1ccc(C)cc1S(=O)(=O)NCCc1c(C)[nH]c2ccc(OC(F)(F)F)cc12. The number of nitrogens with one attached hydrogen (secondary N) is 2. The molecule has 0 aliphatic heterocycles. The third kappa shape index (κ3) is 4.88. The van der Waals surface area contributed by atoms with Gasteiger partial charge in [0.15, 0.2) is 0 Å². The fraction of sp³-hybridized carbons (Fsp3) is 0.300. The molecule has 0 bridgehead atoms. The summed E-state index contributed by atoms with van der Waals surface area (Å²) in [5, 5.41) is 0.543. The first-order chi connectivity index (χ1) is 14.0. The van der Waals surface area contributed by atoms with Crippen molar-refractivity contribution in [2.45, 2.75) is 31.5 Å². The Labute approximate surface area is 172 Å². The fourth-order valence-electron chi connectivity index (χ4n) is 3.26. The van der Waals surface area contributed by atoms with Crippen LogP contribution in [0.4, 0.5) is 13.2 Å². The van der Waals surface area contributed by atoms with E-state index in [1.807, 2.05) is 0 Å². The summed E-state index contributed by atoms with van der Waals surface area (Å²) in [5.41, 5.74) is 2.85. The molecule has 0 amide bonds. The van der Waals surface area contributed by atoms with E-state index in [-0.39, 0.29) is 29.4 Å². The lowest BCUT2D eigenvalue weighted by Crippen LogP contribution is -2.26. The number of aromatic amines is 1. The first-order valence-corrected chi connectivity index (χ1v) is 10.5. The first kappa shape index (κ1) is 22.0. The monoisotopic (exact) mass is 442 g/mol. The summed E-state index contributed by atoms with van der Waals surface area (Å²) < 4.78 is 74.6. The van der Waals surface area contributed by atoms with Gasteiger partial charge in [-0.25, -0.2) is 13.1 Å². The van der Waals surface area contributed by atoms with Gasteiger partial charge < -0.3 is 14.5 Å². The summed E-state index contributed by atoms with van der Waals surface area (Å²) in [6, 6.07) is 8.85. The molecule has 0 saturated carbocycles. The maximum atomic E-state index is 12.7. The molecule has 162 valence electrons. The summed E-state index contributed by atoms with van der Waals surface area (Å²) in [4.78, 5) is 3.12. The average molecular weight is 442 g/mol. The molecule has 0 spiro atoms. The zero-order chi connectivity index (χ0) is 22.1. The van der Waals surface area contributed by atoms with Gasteiger partial charge in [-0.1, -0.05) is 6.07 Å². The number of hydrogen-bond acceptors (Lipinski definition) is 4. The largest absolute Gasteiger partial charge is 0.573 e. The van der Waals surface area contributed by atoms with E-state index >= 15 is 0 Å². The van der Waals surface area contributed by atoms with Gasteiger partial charge in [0.1, 0.15) is 16.4 Å². The summed E-state index contributed by atoms with van der Waals surface area (Å²) >= 11 is 0. The molecule has 1 heterocycles. The van der Waals surface area contributed by atoms with Crippen LogP contribution in [0, 0.1) is 13.8 Å². The number of ether oxygens (including phenoxy) is 2. The van der Waals surface area contributed by atoms with E-state index in [2.05, 4.69) is 14.4 Å². The molecule has 1 aromatic heterocycles. The second-order valence-corrected chi connectivity index (χ2v) is 8.52. The zero-order valence-corrected chi connectivity index (χ0v) is 17.4. The van der Waals surface area contributed by atoms with Crippen molar-refractivity contribution in [3.63, 3.8) is 0 Å².